The van der Waals surface area contributed by atoms with Crippen molar-refractivity contribution in [2.75, 3.05) is 46.4 Å². The van der Waals surface area contributed by atoms with Gasteiger partial charge in [-0.05, 0) is 102 Å². The van der Waals surface area contributed by atoms with Crippen molar-refractivity contribution in [1.29, 1.82) is 0 Å². The first-order valence-electron chi connectivity index (χ1n) is 20.8. The summed E-state index contributed by atoms with van der Waals surface area (Å²) < 4.78 is 6.12. The van der Waals surface area contributed by atoms with Gasteiger partial charge >= 0.3 is 0 Å². The maximum Gasteiger partial charge on any atom is 0.251 e. The zero-order chi connectivity index (χ0) is 43.9. The molecule has 14 nitrogen and oxygen atoms in total. The lowest BCUT2D eigenvalue weighted by molar-refractivity contribution is -0.139. The highest BCUT2D eigenvalue weighted by Crippen LogP contribution is 2.37. The number of carbonyl (C=O) groups is 6. The lowest BCUT2D eigenvalue weighted by Gasteiger charge is -2.29. The number of hydrogen-bond donors (Lipinski definition) is 6. The number of benzene rings is 4. The van der Waals surface area contributed by atoms with Gasteiger partial charge in [0.25, 0.3) is 5.91 Å². The van der Waals surface area contributed by atoms with Gasteiger partial charge in [-0.3, -0.25) is 28.8 Å². The average Bonchev–Trinajstić information content (AvgIpc) is 3.27. The highest BCUT2D eigenvalue weighted by molar-refractivity contribution is 5.98. The number of unbranched alkanes of at least 4 members (excludes halogenated alkanes) is 1. The van der Waals surface area contributed by atoms with Crippen molar-refractivity contribution in [2.45, 2.75) is 64.5 Å². The second kappa shape index (κ2) is 22.3. The van der Waals surface area contributed by atoms with Crippen molar-refractivity contribution in [1.82, 2.24) is 26.2 Å². The Morgan fingerprint density at radius 2 is 1.54 bits per heavy atom. The predicted octanol–water partition coefficient (Wildman–Crippen LogP) is 3.38. The number of rotatable bonds is 17. The Bertz CT molecular complexity index is 2190. The summed E-state index contributed by atoms with van der Waals surface area (Å²) >= 11 is 0. The molecule has 1 aliphatic rings. The summed E-state index contributed by atoms with van der Waals surface area (Å²) in [5.74, 6) is -2.73. The first-order valence-corrected chi connectivity index (χ1v) is 20.8. The Hall–Kier alpha value is -6.38. The number of ketones is 1. The van der Waals surface area contributed by atoms with Gasteiger partial charge < -0.3 is 42.4 Å². The van der Waals surface area contributed by atoms with E-state index in [2.05, 4.69) is 52.5 Å². The monoisotopic (exact) mass is 831 g/mol. The molecule has 0 radical (unpaired) electrons. The van der Waals surface area contributed by atoms with E-state index in [9.17, 15) is 28.8 Å². The molecule has 4 aromatic carbocycles. The Morgan fingerprint density at radius 3 is 2.21 bits per heavy atom. The molecule has 2 unspecified atom stereocenters. The summed E-state index contributed by atoms with van der Waals surface area (Å²) in [6.45, 7) is 3.22. The van der Waals surface area contributed by atoms with Crippen LogP contribution < -0.4 is 37.5 Å². The molecular weight excluding hydrogens is 775 g/mol. The lowest BCUT2D eigenvalue weighted by atomic mass is 9.90. The van der Waals surface area contributed by atoms with Crippen molar-refractivity contribution in [3.05, 3.63) is 113 Å². The molecule has 14 heteroatoms. The molecule has 0 aliphatic carbocycles. The molecule has 5 rings (SSSR count). The van der Waals surface area contributed by atoms with Gasteiger partial charge in [0.15, 0.2) is 0 Å². The van der Waals surface area contributed by atoms with Crippen LogP contribution in [0.25, 0.3) is 22.3 Å². The van der Waals surface area contributed by atoms with E-state index in [1.807, 2.05) is 30.3 Å². The number of nitrogens with one attached hydrogen (secondary N) is 4. The molecule has 4 bridgehead atoms. The summed E-state index contributed by atoms with van der Waals surface area (Å²) in [5.41, 5.74) is 18.7. The minimum atomic E-state index is -1.26. The van der Waals surface area contributed by atoms with Gasteiger partial charge in [-0.2, -0.15) is 0 Å². The molecule has 1 heterocycles. The number of nitrogens with zero attached hydrogens (tertiary/aromatic N) is 1. The van der Waals surface area contributed by atoms with Crippen LogP contribution >= 0.6 is 0 Å². The van der Waals surface area contributed by atoms with Crippen LogP contribution in [0.3, 0.4) is 0 Å². The molecule has 0 saturated carbocycles. The number of ether oxygens (including phenoxy) is 1. The summed E-state index contributed by atoms with van der Waals surface area (Å²) in [7, 11) is 1.45. The molecule has 0 fully saturated rings. The van der Waals surface area contributed by atoms with Crippen LogP contribution in [0.4, 0.5) is 0 Å². The van der Waals surface area contributed by atoms with E-state index in [1.165, 1.54) is 24.4 Å². The van der Waals surface area contributed by atoms with E-state index in [-0.39, 0.29) is 31.9 Å². The maximum absolute atomic E-state index is 14.1. The van der Waals surface area contributed by atoms with Crippen molar-refractivity contribution in [3.63, 3.8) is 0 Å². The third-order valence-corrected chi connectivity index (χ3v) is 10.5. The molecule has 322 valence electrons. The summed E-state index contributed by atoms with van der Waals surface area (Å²) in [6.07, 6.45) is 4.64. The molecule has 4 aromatic rings. The third kappa shape index (κ3) is 12.6. The molecule has 0 saturated heterocycles. The molecule has 0 aromatic heterocycles. The number of likely N-dealkylation sites (N-methyl/N-ethyl adjacent to an activating group) is 1. The predicted molar refractivity (Wildman–Crippen MR) is 234 cm³/mol. The average molecular weight is 832 g/mol. The Morgan fingerprint density at radius 1 is 0.820 bits per heavy atom. The quantitative estimate of drug-likeness (QED) is 0.0919. The lowest BCUT2D eigenvalue weighted by Crippen LogP contribution is -2.52. The molecule has 8 N–H and O–H groups in total. The van der Waals surface area contributed by atoms with Gasteiger partial charge in [0.2, 0.25) is 23.6 Å². The fraction of sp³-hybridized carbons (Fsp3) is 0.362. The molecular formula is C47H57N7O7. The zero-order valence-electron chi connectivity index (χ0n) is 35.2. The van der Waals surface area contributed by atoms with E-state index < -0.39 is 54.7 Å². The molecule has 5 amide bonds. The molecule has 2 atom stereocenters. The molecule has 0 spiro atoms. The van der Waals surface area contributed by atoms with Crippen molar-refractivity contribution in [2.24, 2.45) is 11.5 Å². The molecule has 1 aliphatic heterocycles. The first kappa shape index (κ1) is 45.7. The number of amides is 5. The summed E-state index contributed by atoms with van der Waals surface area (Å²) in [6, 6.07) is 24.0. The number of aryl methyl sites for hydroxylation is 2. The summed E-state index contributed by atoms with van der Waals surface area (Å²) in [5, 5.41) is 10.6. The van der Waals surface area contributed by atoms with E-state index in [1.54, 1.807) is 30.3 Å². The number of carbonyl (C=O) groups excluding carboxylic acids is 6. The number of nitrogens with two attached hydrogens (primary N) is 2. The highest BCUT2D eigenvalue weighted by atomic mass is 16.5. The van der Waals surface area contributed by atoms with Gasteiger partial charge in [0.1, 0.15) is 30.2 Å². The normalized spacial score (nSPS) is 15.1. The maximum atomic E-state index is 14.1. The number of Topliss-reactive ketones (excluding diaryl/α,β-unsaturated/α-hetero) is 1. The third-order valence-electron chi connectivity index (χ3n) is 10.5. The van der Waals surface area contributed by atoms with Crippen LogP contribution in [0.1, 0.15) is 71.8 Å². The van der Waals surface area contributed by atoms with Gasteiger partial charge in [-0.15, -0.1) is 0 Å². The fourth-order valence-corrected chi connectivity index (χ4v) is 7.16. The van der Waals surface area contributed by atoms with E-state index in [4.69, 9.17) is 16.2 Å². The first-order chi connectivity index (χ1) is 29.4. The second-order valence-electron chi connectivity index (χ2n) is 15.2. The zero-order valence-corrected chi connectivity index (χ0v) is 35.2. The Balaban J connectivity index is 1.44. The minimum Gasteiger partial charge on any atom is -0.492 e. The van der Waals surface area contributed by atoms with Crippen LogP contribution in [0.2, 0.25) is 0 Å². The fourth-order valence-electron chi connectivity index (χ4n) is 7.16. The minimum absolute atomic E-state index is 0.0784. The highest BCUT2D eigenvalue weighted by Gasteiger charge is 2.31. The van der Waals surface area contributed by atoms with Crippen molar-refractivity contribution < 1.29 is 33.5 Å². The van der Waals surface area contributed by atoms with Crippen molar-refractivity contribution >= 4 is 35.3 Å². The van der Waals surface area contributed by atoms with Gasteiger partial charge in [0.05, 0.1) is 19.6 Å². The summed E-state index contributed by atoms with van der Waals surface area (Å²) in [4.78, 5) is 80.8. The molecule has 61 heavy (non-hydrogen) atoms. The van der Waals surface area contributed by atoms with Gasteiger partial charge in [-0.25, -0.2) is 0 Å². The largest absolute Gasteiger partial charge is 0.492 e. The topological polar surface area (TPSA) is 215 Å². The van der Waals surface area contributed by atoms with Crippen LogP contribution in [0.15, 0.2) is 84.9 Å². The Kier molecular flexibility index (Phi) is 16.7. The van der Waals surface area contributed by atoms with Gasteiger partial charge in [-0.1, -0.05) is 74.0 Å². The van der Waals surface area contributed by atoms with Crippen molar-refractivity contribution in [3.8, 4) is 28.0 Å². The van der Waals surface area contributed by atoms with Gasteiger partial charge in [0, 0.05) is 31.1 Å². The van der Waals surface area contributed by atoms with E-state index in [0.29, 0.717) is 47.4 Å². The number of hydrogen-bond acceptors (Lipinski definition) is 9. The SMILES string of the molecule is CCCCc1ccc(-c2ccc(C(=O)NCC(=O)N(C)C3C(=O)NCC(=O)NC(C(=O)NCC(C)=O)Cc4ccc(CCCN)c(c4)-c4cc3ccc4OCCN)cc2)cc1. The van der Waals surface area contributed by atoms with Crippen LogP contribution in [-0.2, 0) is 43.2 Å². The number of fused-ring (bicyclic) bond motifs is 5. The van der Waals surface area contributed by atoms with Crippen LogP contribution in [-0.4, -0.2) is 92.6 Å². The smallest absolute Gasteiger partial charge is 0.251 e. The van der Waals surface area contributed by atoms with Crippen LogP contribution in [0, 0.1) is 0 Å². The van der Waals surface area contributed by atoms with Crippen LogP contribution in [0.5, 0.6) is 5.75 Å². The standard InChI is InChI=1S/C47H57N7O7/c1-4-5-7-31-9-12-33(13-10-31)34-15-17-36(18-16-34)45(58)52-29-43(57)54(3)44-37-19-20-41(61-23-22-49)39(26-37)38-24-32(11-14-35(38)8-6-21-48)25-40(46(59)50-27-30(2)55)53-42(56)28-51-47(44)60/h9-20,24,26,40,44H,4-8,21-23,25,27-29,48-49H2,1-3H3,(H,50,59)(H,51,60)(H,52,58)(H,53,56). The second-order valence-corrected chi connectivity index (χ2v) is 15.2. The van der Waals surface area contributed by atoms with E-state index in [0.717, 1.165) is 41.5 Å². The Labute approximate surface area is 357 Å². The van der Waals surface area contributed by atoms with E-state index >= 15 is 0 Å².